The van der Waals surface area contributed by atoms with Crippen LogP contribution in [0.2, 0.25) is 0 Å². The minimum Gasteiger partial charge on any atom is -0.455 e. The summed E-state index contributed by atoms with van der Waals surface area (Å²) in [6.45, 7) is 0. The third kappa shape index (κ3) is 5.82. The smallest absolute Gasteiger partial charge is 0.143 e. The molecule has 12 rings (SSSR count). The van der Waals surface area contributed by atoms with E-state index < -0.39 is 0 Å². The number of fused-ring (bicyclic) bond motifs is 7. The fraction of sp³-hybridized carbons (Fsp3) is 0. The van der Waals surface area contributed by atoms with Gasteiger partial charge in [-0.15, -0.1) is 0 Å². The fourth-order valence-electron chi connectivity index (χ4n) is 9.36. The molecule has 0 radical (unpaired) electrons. The van der Waals surface area contributed by atoms with Gasteiger partial charge in [-0.25, -0.2) is 0 Å². The summed E-state index contributed by atoms with van der Waals surface area (Å²) in [4.78, 5) is 2.41. The molecular weight excluding hydrogens is 741 g/mol. The summed E-state index contributed by atoms with van der Waals surface area (Å²) >= 11 is 0. The summed E-state index contributed by atoms with van der Waals surface area (Å²) in [6, 6.07) is 83.0. The van der Waals surface area contributed by atoms with Crippen molar-refractivity contribution < 1.29 is 4.42 Å². The van der Waals surface area contributed by atoms with Crippen LogP contribution in [-0.4, -0.2) is 4.57 Å². The highest BCUT2D eigenvalue weighted by atomic mass is 16.3. The Balaban J connectivity index is 1.05. The molecule has 0 atom stereocenters. The Morgan fingerprint density at radius 1 is 0.344 bits per heavy atom. The van der Waals surface area contributed by atoms with E-state index in [9.17, 15) is 0 Å². The summed E-state index contributed by atoms with van der Waals surface area (Å²) in [5.41, 5.74) is 15.3. The van der Waals surface area contributed by atoms with Crippen LogP contribution in [0.3, 0.4) is 0 Å². The van der Waals surface area contributed by atoms with Crippen molar-refractivity contribution in [3.63, 3.8) is 0 Å². The van der Waals surface area contributed by atoms with Crippen molar-refractivity contribution in [2.45, 2.75) is 0 Å². The molecule has 0 amide bonds. The largest absolute Gasteiger partial charge is 0.455 e. The van der Waals surface area contributed by atoms with Crippen LogP contribution in [0.4, 0.5) is 17.1 Å². The summed E-state index contributed by atoms with van der Waals surface area (Å²) in [6.07, 6.45) is 0. The quantitative estimate of drug-likeness (QED) is 0.161. The molecular formula is C58H38N2O. The molecule has 286 valence electrons. The Labute approximate surface area is 353 Å². The molecule has 12 aromatic rings. The molecule has 0 saturated heterocycles. The molecule has 0 spiro atoms. The highest BCUT2D eigenvalue weighted by Crippen LogP contribution is 2.45. The van der Waals surface area contributed by atoms with Crippen LogP contribution in [0.1, 0.15) is 0 Å². The maximum absolute atomic E-state index is 6.48. The molecule has 3 heteroatoms. The molecule has 0 aliphatic heterocycles. The van der Waals surface area contributed by atoms with Crippen molar-refractivity contribution in [2.75, 3.05) is 4.90 Å². The Kier molecular flexibility index (Phi) is 8.17. The van der Waals surface area contributed by atoms with E-state index in [0.29, 0.717) is 0 Å². The van der Waals surface area contributed by atoms with Crippen molar-refractivity contribution in [2.24, 2.45) is 0 Å². The van der Waals surface area contributed by atoms with Crippen LogP contribution < -0.4 is 4.90 Å². The molecule has 10 aromatic carbocycles. The number of nitrogens with zero attached hydrogens (tertiary/aromatic N) is 2. The molecule has 0 saturated carbocycles. The topological polar surface area (TPSA) is 21.3 Å². The van der Waals surface area contributed by atoms with Gasteiger partial charge in [0.2, 0.25) is 0 Å². The maximum atomic E-state index is 6.48. The van der Waals surface area contributed by atoms with E-state index in [1.165, 1.54) is 38.1 Å². The zero-order valence-corrected chi connectivity index (χ0v) is 33.2. The lowest BCUT2D eigenvalue weighted by Gasteiger charge is -2.29. The zero-order valence-electron chi connectivity index (χ0n) is 33.2. The second kappa shape index (κ2) is 14.3. The number of furan rings is 1. The highest BCUT2D eigenvalue weighted by Gasteiger charge is 2.22. The number of para-hydroxylation sites is 6. The Bertz CT molecular complexity index is 3560. The summed E-state index contributed by atoms with van der Waals surface area (Å²) in [5, 5.41) is 7.20. The lowest BCUT2D eigenvalue weighted by atomic mass is 9.98. The lowest BCUT2D eigenvalue weighted by Crippen LogP contribution is -2.11. The summed E-state index contributed by atoms with van der Waals surface area (Å²) in [5.74, 6) is 0. The normalized spacial score (nSPS) is 11.6. The molecule has 0 fully saturated rings. The van der Waals surface area contributed by atoms with E-state index in [1.54, 1.807) is 0 Å². The number of anilines is 3. The van der Waals surface area contributed by atoms with Crippen molar-refractivity contribution in [1.29, 1.82) is 0 Å². The van der Waals surface area contributed by atoms with E-state index in [0.717, 1.165) is 72.5 Å². The van der Waals surface area contributed by atoms with Crippen molar-refractivity contribution in [3.05, 3.63) is 231 Å². The first-order valence-electron chi connectivity index (χ1n) is 20.8. The average molecular weight is 779 g/mol. The molecule has 3 nitrogen and oxygen atoms in total. The number of aromatic nitrogens is 1. The van der Waals surface area contributed by atoms with E-state index in [-0.39, 0.29) is 0 Å². The third-order valence-corrected chi connectivity index (χ3v) is 12.2. The molecule has 0 aliphatic carbocycles. The van der Waals surface area contributed by atoms with Crippen LogP contribution >= 0.6 is 0 Å². The first-order valence-corrected chi connectivity index (χ1v) is 20.8. The third-order valence-electron chi connectivity index (χ3n) is 12.2. The second-order valence-electron chi connectivity index (χ2n) is 15.7. The Morgan fingerprint density at radius 3 is 1.75 bits per heavy atom. The lowest BCUT2D eigenvalue weighted by molar-refractivity contribution is 0.670. The first kappa shape index (κ1) is 34.9. The SMILES string of the molecule is c1cc(-c2ccc3ccccc3c2)cc(N(c2ccc(-c3cccc4c3oc3ccccc34)cc2)c2ccccc2-c2ccccc2-n2c3ccccc3c3ccccc32)c1. The van der Waals surface area contributed by atoms with Gasteiger partial charge in [-0.3, -0.25) is 0 Å². The van der Waals surface area contributed by atoms with Gasteiger partial charge in [-0.05, 0) is 88.1 Å². The molecule has 0 N–H and O–H groups in total. The standard InChI is InChI=1S/C58H38N2O/c1-2-16-41-37-43(32-31-39(41)15-1)42-17-13-18-45(38-42)59(44-35-33-40(34-36-44)46-24-14-25-52-51-23-7-12-30-57(51)61-58(46)52)53-26-8-3-19-47(53)48-20-4-9-27-54(48)60-55-28-10-5-21-49(55)50-22-6-11-29-56(50)60/h1-38H. The maximum Gasteiger partial charge on any atom is 0.143 e. The van der Waals surface area contributed by atoms with Crippen LogP contribution in [0.15, 0.2) is 235 Å². The summed E-state index contributed by atoms with van der Waals surface area (Å²) < 4.78 is 8.91. The van der Waals surface area contributed by atoms with Crippen molar-refractivity contribution >= 4 is 71.6 Å². The highest BCUT2D eigenvalue weighted by molar-refractivity contribution is 6.11. The molecule has 0 bridgehead atoms. The molecule has 2 heterocycles. The van der Waals surface area contributed by atoms with Gasteiger partial charge >= 0.3 is 0 Å². The van der Waals surface area contributed by atoms with Gasteiger partial charge < -0.3 is 13.9 Å². The van der Waals surface area contributed by atoms with Crippen LogP contribution in [0, 0.1) is 0 Å². The van der Waals surface area contributed by atoms with Gasteiger partial charge in [0.05, 0.1) is 22.4 Å². The van der Waals surface area contributed by atoms with E-state index in [4.69, 9.17) is 4.42 Å². The van der Waals surface area contributed by atoms with E-state index in [2.05, 4.69) is 228 Å². The van der Waals surface area contributed by atoms with Gasteiger partial charge in [-0.2, -0.15) is 0 Å². The van der Waals surface area contributed by atoms with Gasteiger partial charge in [0.25, 0.3) is 0 Å². The average Bonchev–Trinajstić information content (AvgIpc) is 3.88. The monoisotopic (exact) mass is 778 g/mol. The Hall–Kier alpha value is -8.14. The minimum atomic E-state index is 0.900. The van der Waals surface area contributed by atoms with Gasteiger partial charge in [0.15, 0.2) is 0 Å². The minimum absolute atomic E-state index is 0.900. The van der Waals surface area contributed by atoms with Crippen molar-refractivity contribution in [3.8, 4) is 39.1 Å². The van der Waals surface area contributed by atoms with Gasteiger partial charge in [0, 0.05) is 49.6 Å². The predicted molar refractivity (Wildman–Crippen MR) is 257 cm³/mol. The first-order chi connectivity index (χ1) is 30.3. The van der Waals surface area contributed by atoms with E-state index >= 15 is 0 Å². The zero-order chi connectivity index (χ0) is 40.3. The predicted octanol–water partition coefficient (Wildman–Crippen LogP) is 16.3. The van der Waals surface area contributed by atoms with Crippen LogP contribution in [0.5, 0.6) is 0 Å². The number of hydrogen-bond acceptors (Lipinski definition) is 2. The van der Waals surface area contributed by atoms with E-state index in [1.807, 2.05) is 12.1 Å². The second-order valence-corrected chi connectivity index (χ2v) is 15.7. The molecule has 0 unspecified atom stereocenters. The van der Waals surface area contributed by atoms with Crippen LogP contribution in [-0.2, 0) is 0 Å². The fourth-order valence-corrected chi connectivity index (χ4v) is 9.36. The summed E-state index contributed by atoms with van der Waals surface area (Å²) in [7, 11) is 0. The number of benzene rings is 10. The molecule has 0 aliphatic rings. The number of rotatable bonds is 7. The van der Waals surface area contributed by atoms with Gasteiger partial charge in [0.1, 0.15) is 11.2 Å². The van der Waals surface area contributed by atoms with Crippen LogP contribution in [0.25, 0.3) is 93.6 Å². The molecule has 2 aromatic heterocycles. The molecule has 61 heavy (non-hydrogen) atoms. The number of hydrogen-bond donors (Lipinski definition) is 0. The Morgan fingerprint density at radius 2 is 0.934 bits per heavy atom. The van der Waals surface area contributed by atoms with Gasteiger partial charge in [-0.1, -0.05) is 170 Å². The van der Waals surface area contributed by atoms with Crippen molar-refractivity contribution in [1.82, 2.24) is 4.57 Å².